The number of carboxylic acids is 1. The lowest BCUT2D eigenvalue weighted by atomic mass is 9.77. The van der Waals surface area contributed by atoms with E-state index in [0.717, 1.165) is 42.1 Å². The highest BCUT2D eigenvalue weighted by molar-refractivity contribution is 5.75. The first-order chi connectivity index (χ1) is 11.5. The average Bonchev–Trinajstić information content (AvgIpc) is 3.00. The van der Waals surface area contributed by atoms with Crippen molar-refractivity contribution in [1.82, 2.24) is 4.90 Å². The highest BCUT2D eigenvalue weighted by Gasteiger charge is 2.42. The van der Waals surface area contributed by atoms with Gasteiger partial charge in [0, 0.05) is 26.8 Å². The third kappa shape index (κ3) is 3.35. The molecule has 2 aliphatic heterocycles. The molecule has 0 radical (unpaired) electrons. The van der Waals surface area contributed by atoms with Gasteiger partial charge in [0.1, 0.15) is 0 Å². The Bertz CT molecular complexity index is 618. The van der Waals surface area contributed by atoms with E-state index >= 15 is 0 Å². The Morgan fingerprint density at radius 1 is 1.38 bits per heavy atom. The maximum absolute atomic E-state index is 11.9. The molecule has 1 fully saturated rings. The smallest absolute Gasteiger partial charge is 0.311 e. The molecule has 0 unspecified atom stereocenters. The molecule has 1 aromatic carbocycles. The summed E-state index contributed by atoms with van der Waals surface area (Å²) in [6.45, 7) is 4.99. The van der Waals surface area contributed by atoms with Gasteiger partial charge in [0.05, 0.1) is 5.41 Å². The fourth-order valence-electron chi connectivity index (χ4n) is 3.64. The molecule has 0 saturated carbocycles. The third-order valence-corrected chi connectivity index (χ3v) is 5.12. The Morgan fingerprint density at radius 2 is 2.12 bits per heavy atom. The molecule has 24 heavy (non-hydrogen) atoms. The summed E-state index contributed by atoms with van der Waals surface area (Å²) in [5.74, 6) is 0.845. The number of aliphatic carboxylic acids is 1. The lowest BCUT2D eigenvalue weighted by Crippen LogP contribution is -2.48. The molecule has 6 nitrogen and oxygen atoms in total. The van der Waals surface area contributed by atoms with Crippen molar-refractivity contribution in [3.8, 4) is 11.5 Å². The number of benzene rings is 1. The van der Waals surface area contributed by atoms with Crippen LogP contribution in [0.5, 0.6) is 11.5 Å². The van der Waals surface area contributed by atoms with Crippen molar-refractivity contribution in [1.29, 1.82) is 0 Å². The Kier molecular flexibility index (Phi) is 4.96. The molecule has 0 aromatic heterocycles. The lowest BCUT2D eigenvalue weighted by Gasteiger charge is -2.40. The second-order valence-corrected chi connectivity index (χ2v) is 6.77. The van der Waals surface area contributed by atoms with Gasteiger partial charge in [0.15, 0.2) is 11.5 Å². The highest BCUT2D eigenvalue weighted by Crippen LogP contribution is 2.37. The van der Waals surface area contributed by atoms with Crippen molar-refractivity contribution < 1.29 is 24.1 Å². The minimum Gasteiger partial charge on any atom is -0.481 e. The Labute approximate surface area is 142 Å². The molecule has 0 spiro atoms. The summed E-state index contributed by atoms with van der Waals surface area (Å²) in [5.41, 5.74) is 1.59. The topological polar surface area (TPSA) is 68.2 Å². The first kappa shape index (κ1) is 17.0. The van der Waals surface area contributed by atoms with Gasteiger partial charge in [-0.2, -0.15) is 0 Å². The van der Waals surface area contributed by atoms with Crippen LogP contribution in [0.15, 0.2) is 12.1 Å². The minimum atomic E-state index is -0.716. The van der Waals surface area contributed by atoms with Crippen LogP contribution in [0.2, 0.25) is 0 Å². The number of methoxy groups -OCH3 is 1. The zero-order chi connectivity index (χ0) is 17.2. The zero-order valence-corrected chi connectivity index (χ0v) is 14.3. The van der Waals surface area contributed by atoms with E-state index in [1.807, 2.05) is 12.1 Å². The molecule has 0 aliphatic carbocycles. The van der Waals surface area contributed by atoms with Crippen molar-refractivity contribution in [2.45, 2.75) is 32.7 Å². The van der Waals surface area contributed by atoms with Crippen LogP contribution in [0, 0.1) is 12.3 Å². The summed E-state index contributed by atoms with van der Waals surface area (Å²) >= 11 is 0. The first-order valence-corrected chi connectivity index (χ1v) is 8.38. The van der Waals surface area contributed by atoms with E-state index in [-0.39, 0.29) is 6.79 Å². The van der Waals surface area contributed by atoms with Crippen LogP contribution in [0.3, 0.4) is 0 Å². The van der Waals surface area contributed by atoms with Crippen LogP contribution < -0.4 is 9.47 Å². The Hall–Kier alpha value is -1.79. The Balaban J connectivity index is 1.74. The summed E-state index contributed by atoms with van der Waals surface area (Å²) in [7, 11) is 1.62. The molecule has 0 bridgehead atoms. The quantitative estimate of drug-likeness (QED) is 0.861. The normalized spacial score (nSPS) is 23.4. The van der Waals surface area contributed by atoms with Crippen LogP contribution in [0.1, 0.15) is 30.4 Å². The van der Waals surface area contributed by atoms with Crippen molar-refractivity contribution >= 4 is 5.97 Å². The molecule has 2 heterocycles. The fraction of sp³-hybridized carbons (Fsp3) is 0.611. The van der Waals surface area contributed by atoms with Gasteiger partial charge in [0.25, 0.3) is 0 Å². The summed E-state index contributed by atoms with van der Waals surface area (Å²) in [6.07, 6.45) is 2.15. The number of fused-ring (bicyclic) bond motifs is 1. The monoisotopic (exact) mass is 335 g/mol. The fourth-order valence-corrected chi connectivity index (χ4v) is 3.64. The van der Waals surface area contributed by atoms with Gasteiger partial charge >= 0.3 is 5.97 Å². The maximum Gasteiger partial charge on any atom is 0.311 e. The molecule has 2 aliphatic rings. The highest BCUT2D eigenvalue weighted by atomic mass is 16.7. The number of carboxylic acid groups (broad SMARTS) is 1. The van der Waals surface area contributed by atoms with Gasteiger partial charge in [-0.25, -0.2) is 0 Å². The molecule has 1 N–H and O–H groups in total. The van der Waals surface area contributed by atoms with Gasteiger partial charge in [0.2, 0.25) is 6.79 Å². The largest absolute Gasteiger partial charge is 0.481 e. The molecule has 132 valence electrons. The summed E-state index contributed by atoms with van der Waals surface area (Å²) in [6, 6.07) is 4.01. The van der Waals surface area contributed by atoms with Gasteiger partial charge in [-0.15, -0.1) is 0 Å². The van der Waals surface area contributed by atoms with Gasteiger partial charge in [-0.3, -0.25) is 9.69 Å². The molecule has 6 heteroatoms. The third-order valence-electron chi connectivity index (χ3n) is 5.12. The lowest BCUT2D eigenvalue weighted by molar-refractivity contribution is -0.154. The summed E-state index contributed by atoms with van der Waals surface area (Å²) in [5, 5.41) is 9.76. The summed E-state index contributed by atoms with van der Waals surface area (Å²) in [4.78, 5) is 14.1. The number of hydrogen-bond acceptors (Lipinski definition) is 5. The van der Waals surface area contributed by atoms with Gasteiger partial charge in [-0.05, 0) is 56.0 Å². The number of carbonyl (C=O) groups is 1. The van der Waals surface area contributed by atoms with E-state index in [0.29, 0.717) is 26.0 Å². The van der Waals surface area contributed by atoms with E-state index < -0.39 is 11.4 Å². The van der Waals surface area contributed by atoms with Crippen LogP contribution >= 0.6 is 0 Å². The van der Waals surface area contributed by atoms with Gasteiger partial charge in [-0.1, -0.05) is 0 Å². The van der Waals surface area contributed by atoms with Crippen molar-refractivity contribution in [3.05, 3.63) is 23.3 Å². The predicted octanol–water partition coefficient (Wildman–Crippen LogP) is 2.43. The molecule has 3 rings (SSSR count). The van der Waals surface area contributed by atoms with E-state index in [1.54, 1.807) is 7.11 Å². The van der Waals surface area contributed by atoms with E-state index in [1.165, 1.54) is 0 Å². The number of likely N-dealkylation sites (tertiary alicyclic amines) is 1. The van der Waals surface area contributed by atoms with Crippen LogP contribution in [-0.2, 0) is 16.1 Å². The Morgan fingerprint density at radius 3 is 2.83 bits per heavy atom. The molecular formula is C18H25NO5. The molecule has 0 amide bonds. The van der Waals surface area contributed by atoms with Crippen molar-refractivity contribution in [2.75, 3.05) is 33.6 Å². The SMILES string of the molecule is COCC[C@@]1(C(=O)O)CCCN(Cc2cc3c(cc2C)OCO3)C1. The second-order valence-electron chi connectivity index (χ2n) is 6.77. The van der Waals surface area contributed by atoms with Crippen molar-refractivity contribution in [3.63, 3.8) is 0 Å². The number of rotatable bonds is 6. The van der Waals surface area contributed by atoms with Crippen LogP contribution in [0.25, 0.3) is 0 Å². The van der Waals surface area contributed by atoms with Gasteiger partial charge < -0.3 is 19.3 Å². The van der Waals surface area contributed by atoms with E-state index in [2.05, 4.69) is 11.8 Å². The standard InChI is InChI=1S/C18H25NO5/c1-13-8-15-16(24-12-23-15)9-14(13)10-19-6-3-4-18(11-19,17(20)21)5-7-22-2/h8-9H,3-7,10-12H2,1-2H3,(H,20,21)/t18-/m0/s1. The van der Waals surface area contributed by atoms with E-state index in [9.17, 15) is 9.90 Å². The second kappa shape index (κ2) is 6.99. The molecule has 1 saturated heterocycles. The number of nitrogens with zero attached hydrogens (tertiary/aromatic N) is 1. The van der Waals surface area contributed by atoms with Crippen LogP contribution in [-0.4, -0.2) is 49.6 Å². The average molecular weight is 335 g/mol. The predicted molar refractivity (Wildman–Crippen MR) is 88.4 cm³/mol. The molecule has 1 atom stereocenters. The maximum atomic E-state index is 11.9. The number of hydrogen-bond donors (Lipinski definition) is 1. The number of ether oxygens (including phenoxy) is 3. The summed E-state index contributed by atoms with van der Waals surface area (Å²) < 4.78 is 16.0. The van der Waals surface area contributed by atoms with Crippen LogP contribution in [0.4, 0.5) is 0 Å². The minimum absolute atomic E-state index is 0.265. The zero-order valence-electron chi connectivity index (χ0n) is 14.3. The number of piperidine rings is 1. The molecular weight excluding hydrogens is 310 g/mol. The van der Waals surface area contributed by atoms with Crippen molar-refractivity contribution in [2.24, 2.45) is 5.41 Å². The number of aryl methyl sites for hydroxylation is 1. The molecule has 1 aromatic rings. The van der Waals surface area contributed by atoms with E-state index in [4.69, 9.17) is 14.2 Å². The first-order valence-electron chi connectivity index (χ1n) is 8.38.